The summed E-state index contributed by atoms with van der Waals surface area (Å²) < 4.78 is 25.7. The van der Waals surface area contributed by atoms with E-state index >= 15 is 0 Å². The van der Waals surface area contributed by atoms with Gasteiger partial charge in [-0.15, -0.1) is 10.2 Å². The molecular formula is C13H23N5O3S. The van der Waals surface area contributed by atoms with Gasteiger partial charge in [0.15, 0.2) is 5.82 Å². The largest absolute Gasteiger partial charge is 0.345 e. The lowest BCUT2D eigenvalue weighted by molar-refractivity contribution is -0.121. The highest BCUT2D eigenvalue weighted by Gasteiger charge is 2.22. The maximum atomic E-state index is 12.0. The van der Waals surface area contributed by atoms with Crippen molar-refractivity contribution < 1.29 is 13.2 Å². The summed E-state index contributed by atoms with van der Waals surface area (Å²) in [5.74, 6) is 1.33. The highest BCUT2D eigenvalue weighted by Crippen LogP contribution is 2.18. The Morgan fingerprint density at radius 3 is 2.77 bits per heavy atom. The standard InChI is InChI=1S/C13H23N5O3S/c1-10(14-12(19)9-17(2)22(3,20)21)13-16-15-11-7-5-4-6-8-18(11)13/h10H,4-9H2,1-3H3,(H,14,19)/t10-/m0/s1. The second-order valence-electron chi connectivity index (χ2n) is 5.74. The summed E-state index contributed by atoms with van der Waals surface area (Å²) in [5, 5.41) is 11.2. The molecule has 0 bridgehead atoms. The average molecular weight is 329 g/mol. The lowest BCUT2D eigenvalue weighted by Gasteiger charge is -2.18. The van der Waals surface area contributed by atoms with Gasteiger partial charge in [0.2, 0.25) is 15.9 Å². The van der Waals surface area contributed by atoms with Crippen molar-refractivity contribution >= 4 is 15.9 Å². The van der Waals surface area contributed by atoms with E-state index < -0.39 is 10.0 Å². The molecule has 0 saturated carbocycles. The third-order valence-corrected chi connectivity index (χ3v) is 5.10. The number of aryl methyl sites for hydroxylation is 1. The van der Waals surface area contributed by atoms with Gasteiger partial charge < -0.3 is 9.88 Å². The molecule has 2 heterocycles. The van der Waals surface area contributed by atoms with Crippen molar-refractivity contribution in [2.75, 3.05) is 19.8 Å². The topological polar surface area (TPSA) is 97.2 Å². The SMILES string of the molecule is C[C@H](NC(=O)CN(C)S(C)(=O)=O)c1nnc2n1CCCCC2. The summed E-state index contributed by atoms with van der Waals surface area (Å²) in [5.41, 5.74) is 0. The summed E-state index contributed by atoms with van der Waals surface area (Å²) in [6.45, 7) is 2.49. The Morgan fingerprint density at radius 1 is 1.36 bits per heavy atom. The first-order valence-electron chi connectivity index (χ1n) is 7.41. The summed E-state index contributed by atoms with van der Waals surface area (Å²) in [6.07, 6.45) is 5.34. The third-order valence-electron chi connectivity index (χ3n) is 3.84. The van der Waals surface area contributed by atoms with Gasteiger partial charge in [0.25, 0.3) is 0 Å². The summed E-state index contributed by atoms with van der Waals surface area (Å²) in [6, 6.07) is -0.306. The van der Waals surface area contributed by atoms with Crippen LogP contribution < -0.4 is 5.32 Å². The number of likely N-dealkylation sites (N-methyl/N-ethyl adjacent to an activating group) is 1. The van der Waals surface area contributed by atoms with Crippen LogP contribution in [0, 0.1) is 0 Å². The van der Waals surface area contributed by atoms with Gasteiger partial charge in [-0.2, -0.15) is 4.31 Å². The molecule has 1 aliphatic heterocycles. The van der Waals surface area contributed by atoms with Crippen LogP contribution in [-0.4, -0.2) is 53.2 Å². The van der Waals surface area contributed by atoms with Crippen LogP contribution in [-0.2, 0) is 27.8 Å². The molecule has 1 atom stereocenters. The van der Waals surface area contributed by atoms with Gasteiger partial charge in [-0.05, 0) is 19.8 Å². The van der Waals surface area contributed by atoms with Crippen LogP contribution >= 0.6 is 0 Å². The Bertz CT molecular complexity index is 640. The van der Waals surface area contributed by atoms with Crippen molar-refractivity contribution in [1.29, 1.82) is 0 Å². The Hall–Kier alpha value is -1.48. The van der Waals surface area contributed by atoms with Gasteiger partial charge >= 0.3 is 0 Å². The van der Waals surface area contributed by atoms with Gasteiger partial charge in [0, 0.05) is 20.0 Å². The molecule has 9 heteroatoms. The predicted octanol–water partition coefficient (Wildman–Crippen LogP) is 0.0731. The fraction of sp³-hybridized carbons (Fsp3) is 0.769. The monoisotopic (exact) mass is 329 g/mol. The maximum Gasteiger partial charge on any atom is 0.235 e. The zero-order valence-corrected chi connectivity index (χ0v) is 14.1. The molecule has 22 heavy (non-hydrogen) atoms. The Balaban J connectivity index is 2.02. The number of hydrogen-bond donors (Lipinski definition) is 1. The summed E-state index contributed by atoms with van der Waals surface area (Å²) in [7, 11) is -1.99. The van der Waals surface area contributed by atoms with Crippen LogP contribution in [0.4, 0.5) is 0 Å². The molecule has 1 amide bonds. The van der Waals surface area contributed by atoms with Crippen LogP contribution in [0.5, 0.6) is 0 Å². The van der Waals surface area contributed by atoms with Crippen molar-refractivity contribution in [3.05, 3.63) is 11.6 Å². The molecule has 0 radical (unpaired) electrons. The first-order valence-corrected chi connectivity index (χ1v) is 9.26. The number of aromatic nitrogens is 3. The minimum atomic E-state index is -3.37. The Morgan fingerprint density at radius 2 is 2.09 bits per heavy atom. The number of carbonyl (C=O) groups is 1. The predicted molar refractivity (Wildman–Crippen MR) is 81.6 cm³/mol. The van der Waals surface area contributed by atoms with Crippen molar-refractivity contribution in [2.24, 2.45) is 0 Å². The average Bonchev–Trinajstić information content (AvgIpc) is 2.67. The molecule has 1 aromatic rings. The number of hydrogen-bond acceptors (Lipinski definition) is 5. The van der Waals surface area contributed by atoms with Crippen molar-refractivity contribution in [2.45, 2.75) is 45.2 Å². The molecule has 0 spiro atoms. The van der Waals surface area contributed by atoms with E-state index in [0.717, 1.165) is 48.0 Å². The van der Waals surface area contributed by atoms with Gasteiger partial charge in [-0.25, -0.2) is 8.42 Å². The zero-order chi connectivity index (χ0) is 16.3. The minimum Gasteiger partial charge on any atom is -0.345 e. The molecule has 0 unspecified atom stereocenters. The highest BCUT2D eigenvalue weighted by molar-refractivity contribution is 7.88. The fourth-order valence-corrected chi connectivity index (χ4v) is 2.85. The van der Waals surface area contributed by atoms with Gasteiger partial charge in [-0.3, -0.25) is 4.79 Å². The fourth-order valence-electron chi connectivity index (χ4n) is 2.50. The van der Waals surface area contributed by atoms with E-state index in [1.54, 1.807) is 0 Å². The number of rotatable bonds is 5. The lowest BCUT2D eigenvalue weighted by atomic mass is 10.2. The molecule has 124 valence electrons. The van der Waals surface area contributed by atoms with Crippen molar-refractivity contribution in [3.8, 4) is 0 Å². The van der Waals surface area contributed by atoms with Crippen LogP contribution in [0.3, 0.4) is 0 Å². The third kappa shape index (κ3) is 4.04. The molecule has 2 rings (SSSR count). The second-order valence-corrected chi connectivity index (χ2v) is 7.83. The summed E-state index contributed by atoms with van der Waals surface area (Å²) in [4.78, 5) is 12.0. The number of carbonyl (C=O) groups excluding carboxylic acids is 1. The zero-order valence-electron chi connectivity index (χ0n) is 13.2. The molecule has 0 aliphatic carbocycles. The molecule has 1 aromatic heterocycles. The van der Waals surface area contributed by atoms with Crippen LogP contribution in [0.1, 0.15) is 43.9 Å². The van der Waals surface area contributed by atoms with E-state index in [-0.39, 0.29) is 18.5 Å². The molecule has 8 nitrogen and oxygen atoms in total. The first-order chi connectivity index (χ1) is 10.3. The smallest absolute Gasteiger partial charge is 0.235 e. The number of amides is 1. The molecule has 0 fully saturated rings. The van der Waals surface area contributed by atoms with Crippen LogP contribution in [0.25, 0.3) is 0 Å². The van der Waals surface area contributed by atoms with Crippen LogP contribution in [0.2, 0.25) is 0 Å². The first kappa shape index (κ1) is 16.9. The quantitative estimate of drug-likeness (QED) is 0.825. The maximum absolute atomic E-state index is 12.0. The van der Waals surface area contributed by atoms with E-state index in [1.165, 1.54) is 13.5 Å². The van der Waals surface area contributed by atoms with E-state index in [9.17, 15) is 13.2 Å². The van der Waals surface area contributed by atoms with Gasteiger partial charge in [-0.1, -0.05) is 6.42 Å². The normalized spacial score (nSPS) is 16.9. The number of fused-ring (bicyclic) bond motifs is 1. The van der Waals surface area contributed by atoms with E-state index in [0.29, 0.717) is 0 Å². The van der Waals surface area contributed by atoms with E-state index in [2.05, 4.69) is 20.1 Å². The Kier molecular flexibility index (Phi) is 5.17. The summed E-state index contributed by atoms with van der Waals surface area (Å²) >= 11 is 0. The highest BCUT2D eigenvalue weighted by atomic mass is 32.2. The number of nitrogens with one attached hydrogen (secondary N) is 1. The number of sulfonamides is 1. The molecule has 1 aliphatic rings. The van der Waals surface area contributed by atoms with Gasteiger partial charge in [0.05, 0.1) is 18.8 Å². The van der Waals surface area contributed by atoms with Crippen molar-refractivity contribution in [1.82, 2.24) is 24.4 Å². The minimum absolute atomic E-state index is 0.204. The lowest BCUT2D eigenvalue weighted by Crippen LogP contribution is -2.39. The number of nitrogens with zero attached hydrogens (tertiary/aromatic N) is 4. The second kappa shape index (κ2) is 6.74. The van der Waals surface area contributed by atoms with Crippen LogP contribution in [0.15, 0.2) is 0 Å². The van der Waals surface area contributed by atoms with E-state index in [1.807, 2.05) is 6.92 Å². The Labute approximate surface area is 130 Å². The van der Waals surface area contributed by atoms with E-state index in [4.69, 9.17) is 0 Å². The molecule has 0 saturated heterocycles. The molecule has 1 N–H and O–H groups in total. The van der Waals surface area contributed by atoms with Crippen molar-refractivity contribution in [3.63, 3.8) is 0 Å². The molecule has 0 aromatic carbocycles. The van der Waals surface area contributed by atoms with Gasteiger partial charge in [0.1, 0.15) is 5.82 Å². The molecular weight excluding hydrogens is 306 g/mol.